The van der Waals surface area contributed by atoms with Crippen LogP contribution in [0.3, 0.4) is 0 Å². The lowest BCUT2D eigenvalue weighted by Gasteiger charge is -2.33. The van der Waals surface area contributed by atoms with Gasteiger partial charge in [-0.25, -0.2) is 23.2 Å². The molecule has 34 heavy (non-hydrogen) atoms. The van der Waals surface area contributed by atoms with Gasteiger partial charge in [0, 0.05) is 31.6 Å². The number of carbonyl (C=O) groups is 2. The van der Waals surface area contributed by atoms with Crippen LogP contribution in [0.5, 0.6) is 0 Å². The van der Waals surface area contributed by atoms with E-state index in [2.05, 4.69) is 9.97 Å². The quantitative estimate of drug-likeness (QED) is 0.576. The monoisotopic (exact) mass is 471 g/mol. The lowest BCUT2D eigenvalue weighted by atomic mass is 10.0. The van der Waals surface area contributed by atoms with Crippen molar-refractivity contribution in [3.8, 4) is 0 Å². The molecule has 0 radical (unpaired) electrons. The fourth-order valence-electron chi connectivity index (χ4n) is 4.01. The van der Waals surface area contributed by atoms with Crippen LogP contribution in [-0.4, -0.2) is 50.9 Å². The summed E-state index contributed by atoms with van der Waals surface area (Å²) in [6, 6.07) is 7.51. The minimum Gasteiger partial charge on any atom is -0.327 e. The second-order valence-electron chi connectivity index (χ2n) is 8.28. The van der Waals surface area contributed by atoms with Gasteiger partial charge in [0.1, 0.15) is 11.5 Å². The van der Waals surface area contributed by atoms with Gasteiger partial charge >= 0.3 is 0 Å². The summed E-state index contributed by atoms with van der Waals surface area (Å²) in [4.78, 5) is 35.1. The number of rotatable bonds is 5. The zero-order chi connectivity index (χ0) is 24.2. The van der Waals surface area contributed by atoms with Crippen LogP contribution in [0.4, 0.5) is 13.2 Å². The molecule has 1 atom stereocenters. The average molecular weight is 471 g/mol. The van der Waals surface area contributed by atoms with Crippen LogP contribution in [0.2, 0.25) is 0 Å². The average Bonchev–Trinajstić information content (AvgIpc) is 3.08. The Labute approximate surface area is 194 Å². The van der Waals surface area contributed by atoms with E-state index in [9.17, 15) is 22.8 Å². The predicted molar refractivity (Wildman–Crippen MR) is 119 cm³/mol. The van der Waals surface area contributed by atoms with Crippen molar-refractivity contribution in [3.05, 3.63) is 71.3 Å². The second kappa shape index (κ2) is 10.2. The van der Waals surface area contributed by atoms with Gasteiger partial charge in [-0.05, 0) is 49.4 Å². The first kappa shape index (κ1) is 23.6. The Morgan fingerprint density at radius 1 is 0.941 bits per heavy atom. The number of halogens is 3. The van der Waals surface area contributed by atoms with Crippen LogP contribution in [0.1, 0.15) is 41.7 Å². The number of nitrogens with two attached hydrogens (primary N) is 1. The number of hydrogen-bond acceptors (Lipinski definition) is 5. The van der Waals surface area contributed by atoms with Crippen LogP contribution in [0.15, 0.2) is 42.6 Å². The van der Waals surface area contributed by atoms with E-state index in [1.54, 1.807) is 18.2 Å². The highest BCUT2D eigenvalue weighted by atomic mass is 19.2. The molecule has 2 amide bonds. The molecule has 1 aliphatic rings. The van der Waals surface area contributed by atoms with Gasteiger partial charge in [0.15, 0.2) is 11.6 Å². The van der Waals surface area contributed by atoms with Gasteiger partial charge in [-0.15, -0.1) is 0 Å². The summed E-state index contributed by atoms with van der Waals surface area (Å²) in [6.45, 7) is 0.643. The molecule has 1 aliphatic heterocycles. The normalized spacial score (nSPS) is 15.3. The summed E-state index contributed by atoms with van der Waals surface area (Å²) in [5.41, 5.74) is 7.27. The lowest BCUT2D eigenvalue weighted by molar-refractivity contribution is -0.144. The molecule has 2 heterocycles. The van der Waals surface area contributed by atoms with Crippen molar-refractivity contribution < 1.29 is 22.8 Å². The van der Waals surface area contributed by atoms with E-state index < -0.39 is 35.3 Å². The zero-order valence-electron chi connectivity index (χ0n) is 18.4. The standard InChI is InChI=1S/C24H24F3N5O2/c25-17-13-19(27)18(26)11-15(17)10-16(28)12-23(33)31-8-4-1-5-9-32(31)24(34)22-14-29-20-6-2-3-7-21(20)30-22/h2-3,6-7,11,13-14,16H,1,4-5,8-10,12,28H2/t16-/m1/s1. The van der Waals surface area contributed by atoms with E-state index in [4.69, 9.17) is 5.73 Å². The Morgan fingerprint density at radius 2 is 1.62 bits per heavy atom. The molecule has 0 unspecified atom stereocenters. The molecule has 3 aromatic rings. The summed E-state index contributed by atoms with van der Waals surface area (Å²) < 4.78 is 40.7. The molecule has 0 bridgehead atoms. The predicted octanol–water partition coefficient (Wildman–Crippen LogP) is 3.38. The number of amides is 2. The maximum absolute atomic E-state index is 14.0. The zero-order valence-corrected chi connectivity index (χ0v) is 18.4. The van der Waals surface area contributed by atoms with Gasteiger partial charge in [-0.3, -0.25) is 19.6 Å². The van der Waals surface area contributed by atoms with Crippen molar-refractivity contribution in [3.63, 3.8) is 0 Å². The Kier molecular flexibility index (Phi) is 7.06. The van der Waals surface area contributed by atoms with Crippen LogP contribution in [0, 0.1) is 17.5 Å². The third-order valence-corrected chi connectivity index (χ3v) is 5.73. The number of para-hydroxylation sites is 2. The highest BCUT2D eigenvalue weighted by molar-refractivity contribution is 5.95. The van der Waals surface area contributed by atoms with Crippen LogP contribution < -0.4 is 5.73 Å². The largest absolute Gasteiger partial charge is 0.327 e. The van der Waals surface area contributed by atoms with Crippen molar-refractivity contribution in [1.29, 1.82) is 0 Å². The second-order valence-corrected chi connectivity index (χ2v) is 8.28. The molecule has 10 heteroatoms. The summed E-state index contributed by atoms with van der Waals surface area (Å²) >= 11 is 0. The molecule has 2 aromatic carbocycles. The fourth-order valence-corrected chi connectivity index (χ4v) is 4.01. The first-order chi connectivity index (χ1) is 16.3. The highest BCUT2D eigenvalue weighted by Crippen LogP contribution is 2.19. The van der Waals surface area contributed by atoms with Crippen molar-refractivity contribution in [1.82, 2.24) is 20.0 Å². The van der Waals surface area contributed by atoms with Crippen molar-refractivity contribution in [2.24, 2.45) is 5.73 Å². The van der Waals surface area contributed by atoms with Crippen LogP contribution >= 0.6 is 0 Å². The summed E-state index contributed by atoms with van der Waals surface area (Å²) in [5, 5.41) is 2.71. The SMILES string of the molecule is N[C@@H](CC(=O)N1CCCCCN1C(=O)c1cnc2ccccc2n1)Cc1cc(F)c(F)cc1F. The molecule has 0 aliphatic carbocycles. The van der Waals surface area contributed by atoms with E-state index in [1.807, 2.05) is 6.07 Å². The molecule has 1 aromatic heterocycles. The number of hydrogen-bond donors (Lipinski definition) is 1. The minimum absolute atomic E-state index is 0.116. The fraction of sp³-hybridized carbons (Fsp3) is 0.333. The maximum atomic E-state index is 14.0. The van der Waals surface area contributed by atoms with E-state index in [0.717, 1.165) is 12.5 Å². The van der Waals surface area contributed by atoms with Crippen molar-refractivity contribution in [2.75, 3.05) is 13.1 Å². The highest BCUT2D eigenvalue weighted by Gasteiger charge is 2.30. The molecule has 7 nitrogen and oxygen atoms in total. The van der Waals surface area contributed by atoms with Gasteiger partial charge in [-0.1, -0.05) is 12.1 Å². The Balaban J connectivity index is 1.50. The van der Waals surface area contributed by atoms with E-state index in [-0.39, 0.29) is 24.1 Å². The molecular formula is C24H24F3N5O2. The van der Waals surface area contributed by atoms with E-state index in [1.165, 1.54) is 16.2 Å². The third-order valence-electron chi connectivity index (χ3n) is 5.73. The number of aromatic nitrogens is 2. The number of nitrogens with zero attached hydrogens (tertiary/aromatic N) is 4. The smallest absolute Gasteiger partial charge is 0.292 e. The molecule has 4 rings (SSSR count). The third kappa shape index (κ3) is 5.17. The Hall–Kier alpha value is -3.53. The van der Waals surface area contributed by atoms with Gasteiger partial charge < -0.3 is 5.73 Å². The summed E-state index contributed by atoms with van der Waals surface area (Å²) in [6.07, 6.45) is 3.27. The van der Waals surface area contributed by atoms with Gasteiger partial charge in [0.25, 0.3) is 5.91 Å². The number of benzene rings is 2. The molecule has 0 spiro atoms. The number of fused-ring (bicyclic) bond motifs is 1. The molecule has 1 fully saturated rings. The molecule has 1 saturated heterocycles. The van der Waals surface area contributed by atoms with Gasteiger partial charge in [0.2, 0.25) is 5.91 Å². The molecule has 178 valence electrons. The van der Waals surface area contributed by atoms with Crippen molar-refractivity contribution in [2.45, 2.75) is 38.1 Å². The van der Waals surface area contributed by atoms with Crippen molar-refractivity contribution >= 4 is 22.8 Å². The van der Waals surface area contributed by atoms with E-state index in [0.29, 0.717) is 43.0 Å². The van der Waals surface area contributed by atoms with Gasteiger partial charge in [0.05, 0.1) is 17.2 Å². The summed E-state index contributed by atoms with van der Waals surface area (Å²) in [7, 11) is 0. The first-order valence-corrected chi connectivity index (χ1v) is 11.1. The number of hydrazine groups is 1. The lowest BCUT2D eigenvalue weighted by Crippen LogP contribution is -2.51. The minimum atomic E-state index is -1.29. The van der Waals surface area contributed by atoms with E-state index >= 15 is 0 Å². The molecule has 2 N–H and O–H groups in total. The Bertz CT molecular complexity index is 1220. The van der Waals surface area contributed by atoms with Crippen LogP contribution in [-0.2, 0) is 11.2 Å². The molecular weight excluding hydrogens is 447 g/mol. The van der Waals surface area contributed by atoms with Crippen LogP contribution in [0.25, 0.3) is 11.0 Å². The Morgan fingerprint density at radius 3 is 2.38 bits per heavy atom. The first-order valence-electron chi connectivity index (χ1n) is 11.1. The topological polar surface area (TPSA) is 92.4 Å². The summed E-state index contributed by atoms with van der Waals surface area (Å²) in [5.74, 6) is -4.27. The van der Waals surface area contributed by atoms with Gasteiger partial charge in [-0.2, -0.15) is 0 Å². The maximum Gasteiger partial charge on any atom is 0.292 e. The molecule has 0 saturated carbocycles. The number of carbonyl (C=O) groups excluding carboxylic acids is 2.